The van der Waals surface area contributed by atoms with Crippen molar-refractivity contribution in [3.63, 3.8) is 0 Å². The Bertz CT molecular complexity index is 3590. The molecule has 1 aliphatic rings. The molecule has 0 bridgehead atoms. The number of hydrogen-bond acceptors (Lipinski definition) is 4. The Kier molecular flexibility index (Phi) is 12.6. The summed E-state index contributed by atoms with van der Waals surface area (Å²) in [5, 5.41) is 2.35. The van der Waals surface area contributed by atoms with Gasteiger partial charge in [-0.3, -0.25) is 4.57 Å². The topological polar surface area (TPSA) is 33.5 Å². The predicted molar refractivity (Wildman–Crippen MR) is 319 cm³/mol. The van der Waals surface area contributed by atoms with Crippen LogP contribution in [0.3, 0.4) is 0 Å². The third-order valence-corrected chi connectivity index (χ3v) is 16.1. The van der Waals surface area contributed by atoms with Crippen molar-refractivity contribution in [2.45, 2.75) is 143 Å². The maximum absolute atomic E-state index is 7.19. The van der Waals surface area contributed by atoms with Crippen LogP contribution in [0.5, 0.6) is 11.5 Å². The molecule has 0 saturated heterocycles. The van der Waals surface area contributed by atoms with Crippen LogP contribution in [0.2, 0.25) is 0 Å². The van der Waals surface area contributed by atoms with E-state index in [0.717, 1.165) is 39.4 Å². The molecular formula is C70H78N4O. The van der Waals surface area contributed by atoms with Gasteiger partial charge < -0.3 is 14.5 Å². The minimum Gasteiger partial charge on any atom is -0.457 e. The van der Waals surface area contributed by atoms with Crippen LogP contribution < -0.4 is 14.5 Å². The normalized spacial score (nSPS) is 13.8. The van der Waals surface area contributed by atoms with Crippen molar-refractivity contribution in [2.75, 3.05) is 16.5 Å². The minimum atomic E-state index is -0.202. The fourth-order valence-corrected chi connectivity index (χ4v) is 11.2. The first-order chi connectivity index (χ1) is 35.2. The molecule has 0 spiro atoms. The van der Waals surface area contributed by atoms with Crippen LogP contribution >= 0.6 is 0 Å². The highest BCUT2D eigenvalue weighted by Crippen LogP contribution is 2.51. The molecule has 0 amide bonds. The first-order valence-corrected chi connectivity index (χ1v) is 27.0. The summed E-state index contributed by atoms with van der Waals surface area (Å²) in [6.07, 6.45) is 1.95. The molecule has 0 atom stereocenters. The zero-order valence-electron chi connectivity index (χ0n) is 47.6. The van der Waals surface area contributed by atoms with Crippen molar-refractivity contribution in [1.29, 1.82) is 0 Å². The molecule has 10 rings (SSSR count). The van der Waals surface area contributed by atoms with Crippen molar-refractivity contribution >= 4 is 44.6 Å². The summed E-state index contributed by atoms with van der Waals surface area (Å²) in [6.45, 7) is 37.7. The van der Waals surface area contributed by atoms with Gasteiger partial charge in [0.1, 0.15) is 24.0 Å². The molecule has 384 valence electrons. The molecule has 0 N–H and O–H groups in total. The van der Waals surface area contributed by atoms with Crippen molar-refractivity contribution in [3.8, 4) is 17.3 Å². The van der Waals surface area contributed by atoms with Crippen LogP contribution in [0, 0.1) is 0 Å². The summed E-state index contributed by atoms with van der Waals surface area (Å²) in [7, 11) is 0. The number of ether oxygens (including phenoxy) is 1. The summed E-state index contributed by atoms with van der Waals surface area (Å²) in [4.78, 5) is 10.1. The summed E-state index contributed by atoms with van der Waals surface area (Å²) in [5.74, 6) is 2.46. The smallest absolute Gasteiger partial charge is 0.137 e. The zero-order chi connectivity index (χ0) is 53.6. The number of fused-ring (bicyclic) bond motifs is 4. The molecule has 1 aliphatic heterocycles. The van der Waals surface area contributed by atoms with E-state index in [1.165, 1.54) is 67.0 Å². The maximum Gasteiger partial charge on any atom is 0.137 e. The number of nitrogens with zero attached hydrogens (tertiary/aromatic N) is 4. The molecule has 5 nitrogen and oxygen atoms in total. The highest BCUT2D eigenvalue weighted by molar-refractivity contribution is 6.10. The Balaban J connectivity index is 1.12. The van der Waals surface area contributed by atoms with Gasteiger partial charge in [-0.25, -0.2) is 4.98 Å². The zero-order valence-corrected chi connectivity index (χ0v) is 47.6. The van der Waals surface area contributed by atoms with E-state index in [0.29, 0.717) is 6.67 Å². The lowest BCUT2D eigenvalue weighted by atomic mass is 9.74. The number of benzene rings is 7. The monoisotopic (exact) mass is 991 g/mol. The molecule has 5 heteroatoms. The first kappa shape index (κ1) is 51.4. The van der Waals surface area contributed by atoms with E-state index in [-0.39, 0.29) is 32.5 Å². The lowest BCUT2D eigenvalue weighted by Crippen LogP contribution is -2.25. The minimum absolute atomic E-state index is 0.0488. The van der Waals surface area contributed by atoms with Crippen LogP contribution in [0.25, 0.3) is 27.6 Å². The molecule has 7 aromatic carbocycles. The number of anilines is 4. The molecule has 3 heterocycles. The molecular weight excluding hydrogens is 913 g/mol. The largest absolute Gasteiger partial charge is 0.457 e. The van der Waals surface area contributed by atoms with Gasteiger partial charge in [0.2, 0.25) is 0 Å². The fourth-order valence-electron chi connectivity index (χ4n) is 11.2. The van der Waals surface area contributed by atoms with Gasteiger partial charge in [0.05, 0.1) is 22.4 Å². The van der Waals surface area contributed by atoms with Gasteiger partial charge in [-0.15, -0.1) is 0 Å². The molecule has 9 aromatic rings. The van der Waals surface area contributed by atoms with Crippen molar-refractivity contribution in [3.05, 3.63) is 214 Å². The second-order valence-corrected chi connectivity index (χ2v) is 26.4. The van der Waals surface area contributed by atoms with Gasteiger partial charge in [-0.1, -0.05) is 190 Å². The van der Waals surface area contributed by atoms with E-state index < -0.39 is 0 Å². The fraction of sp³-hybridized carbons (Fsp3) is 0.329. The summed E-state index contributed by atoms with van der Waals surface area (Å²) in [6, 6.07) is 60.7. The van der Waals surface area contributed by atoms with E-state index in [9.17, 15) is 0 Å². The van der Waals surface area contributed by atoms with E-state index in [1.54, 1.807) is 0 Å². The Labute approximate surface area is 448 Å². The number of rotatable bonds is 9. The average molecular weight is 991 g/mol. The first-order valence-electron chi connectivity index (χ1n) is 27.0. The van der Waals surface area contributed by atoms with Crippen molar-refractivity contribution in [1.82, 2.24) is 9.55 Å². The SMILES string of the molecule is CC(C)(C)c1cc(Oc2ccc3c4cc(C(C)(C)c5ccccc5)ccc4n(-c4cc(C(C)(C)C)ccn4)c3c2)cc(N2CN(c3cccc(C(C)(C)c4ccccc4)c3)c3cc(C(C)(C)C)c(C(C)(C)C)cc32)c1. The van der Waals surface area contributed by atoms with Crippen LogP contribution in [0.15, 0.2) is 170 Å². The van der Waals surface area contributed by atoms with E-state index >= 15 is 0 Å². The van der Waals surface area contributed by atoms with Gasteiger partial charge in [-0.2, -0.15) is 0 Å². The summed E-state index contributed by atoms with van der Waals surface area (Å²) in [5.41, 5.74) is 16.4. The van der Waals surface area contributed by atoms with Crippen LogP contribution in [0.4, 0.5) is 22.7 Å². The van der Waals surface area contributed by atoms with Crippen molar-refractivity contribution < 1.29 is 4.74 Å². The number of pyridine rings is 1. The third kappa shape index (κ3) is 9.64. The van der Waals surface area contributed by atoms with Gasteiger partial charge in [0.25, 0.3) is 0 Å². The van der Waals surface area contributed by atoms with Crippen LogP contribution in [0.1, 0.15) is 155 Å². The Morgan fingerprint density at radius 2 is 0.920 bits per heavy atom. The average Bonchev–Trinajstić information content (AvgIpc) is 3.91. The lowest BCUT2D eigenvalue weighted by molar-refractivity contribution is 0.479. The molecule has 0 saturated carbocycles. The second-order valence-electron chi connectivity index (χ2n) is 26.4. The lowest BCUT2D eigenvalue weighted by Gasteiger charge is -2.32. The molecule has 0 unspecified atom stereocenters. The highest BCUT2D eigenvalue weighted by Gasteiger charge is 2.36. The molecule has 2 aromatic heterocycles. The summed E-state index contributed by atoms with van der Waals surface area (Å²) < 4.78 is 9.51. The Morgan fingerprint density at radius 1 is 0.373 bits per heavy atom. The van der Waals surface area contributed by atoms with E-state index in [4.69, 9.17) is 9.72 Å². The highest BCUT2D eigenvalue weighted by atomic mass is 16.5. The molecule has 75 heavy (non-hydrogen) atoms. The van der Waals surface area contributed by atoms with Gasteiger partial charge in [0, 0.05) is 51.3 Å². The van der Waals surface area contributed by atoms with Crippen molar-refractivity contribution in [2.24, 2.45) is 0 Å². The van der Waals surface area contributed by atoms with E-state index in [1.807, 2.05) is 6.20 Å². The predicted octanol–water partition coefficient (Wildman–Crippen LogP) is 19.1. The second kappa shape index (κ2) is 18.3. The van der Waals surface area contributed by atoms with Crippen LogP contribution in [-0.2, 0) is 32.5 Å². The Hall–Kier alpha value is -7.11. The molecule has 0 aliphatic carbocycles. The molecule has 0 radical (unpaired) electrons. The number of aromatic nitrogens is 2. The van der Waals surface area contributed by atoms with Gasteiger partial charge in [0.15, 0.2) is 0 Å². The molecule has 0 fully saturated rings. The standard InChI is InChI=1S/C70H78N4O/c1-65(2,3)48-34-35-71-64(40-48)74-60-33-30-50(70(15,16)47-26-21-18-22-27-47)39-57(60)56-32-31-54(42-61(56)74)75-55-38-51(66(4,5)6)37-53(41-55)73-45-72(62-43-58(67(7,8)9)59(44-63(62)73)68(10,11)12)52-29-23-28-49(36-52)69(13,14)46-24-19-17-20-25-46/h17-44H,45H2,1-16H3. The summed E-state index contributed by atoms with van der Waals surface area (Å²) >= 11 is 0. The third-order valence-electron chi connectivity index (χ3n) is 16.1. The quantitative estimate of drug-likeness (QED) is 0.144. The van der Waals surface area contributed by atoms with Gasteiger partial charge in [-0.05, 0) is 139 Å². The van der Waals surface area contributed by atoms with E-state index in [2.05, 4.69) is 289 Å². The van der Waals surface area contributed by atoms with Gasteiger partial charge >= 0.3 is 0 Å². The maximum atomic E-state index is 7.19. The van der Waals surface area contributed by atoms with Crippen LogP contribution in [-0.4, -0.2) is 16.2 Å². The number of hydrogen-bond donors (Lipinski definition) is 0. The Morgan fingerprint density at radius 3 is 1.49 bits per heavy atom.